The molecule has 1 aliphatic rings. The minimum Gasteiger partial charge on any atom is -0.379 e. The minimum absolute atomic E-state index is 0.0130. The molecule has 1 aliphatic heterocycles. The normalized spacial score (nSPS) is 22.7. The molecule has 2 rings (SSSR count). The minimum atomic E-state index is -0.674. The number of carbonyl (C=O) groups is 1. The fraction of sp³-hybridized carbons (Fsp3) is 0.500. The molecular formula is C14H17F2NO2. The molecule has 3 nitrogen and oxygen atoms in total. The van der Waals surface area contributed by atoms with Gasteiger partial charge in [0, 0.05) is 18.5 Å². The molecule has 0 spiro atoms. The largest absolute Gasteiger partial charge is 0.379 e. The van der Waals surface area contributed by atoms with Crippen molar-refractivity contribution in [2.24, 2.45) is 5.92 Å². The van der Waals surface area contributed by atoms with Gasteiger partial charge in [-0.1, -0.05) is 13.0 Å². The third-order valence-corrected chi connectivity index (χ3v) is 3.34. The first-order valence-corrected chi connectivity index (χ1v) is 6.39. The van der Waals surface area contributed by atoms with Crippen molar-refractivity contribution in [3.8, 4) is 0 Å². The molecule has 5 heteroatoms. The van der Waals surface area contributed by atoms with Crippen molar-refractivity contribution in [1.82, 2.24) is 5.32 Å². The summed E-state index contributed by atoms with van der Waals surface area (Å²) in [5.41, 5.74) is 0.230. The second-order valence-electron chi connectivity index (χ2n) is 4.69. The van der Waals surface area contributed by atoms with E-state index >= 15 is 0 Å². The fourth-order valence-corrected chi connectivity index (χ4v) is 2.32. The average Bonchev–Trinajstić information content (AvgIpc) is 2.81. The van der Waals surface area contributed by atoms with Crippen molar-refractivity contribution >= 4 is 5.78 Å². The maximum atomic E-state index is 13.5. The Hall–Kier alpha value is -1.33. The lowest BCUT2D eigenvalue weighted by molar-refractivity contribution is -0.122. The van der Waals surface area contributed by atoms with Crippen molar-refractivity contribution in [2.45, 2.75) is 19.4 Å². The highest BCUT2D eigenvalue weighted by atomic mass is 19.1. The zero-order valence-electron chi connectivity index (χ0n) is 10.8. The molecule has 0 bridgehead atoms. The Labute approximate surface area is 111 Å². The Morgan fingerprint density at radius 1 is 1.42 bits per heavy atom. The summed E-state index contributed by atoms with van der Waals surface area (Å²) in [6, 6.07) is 3.27. The zero-order valence-corrected chi connectivity index (χ0v) is 10.8. The number of benzene rings is 1. The molecule has 1 aromatic carbocycles. The van der Waals surface area contributed by atoms with Gasteiger partial charge in [-0.25, -0.2) is 8.78 Å². The molecule has 1 aromatic rings. The molecular weight excluding hydrogens is 252 g/mol. The summed E-state index contributed by atoms with van der Waals surface area (Å²) in [5.74, 6) is -1.64. The molecule has 2 unspecified atom stereocenters. The summed E-state index contributed by atoms with van der Waals surface area (Å²) in [6.07, 6.45) is -0.0258. The van der Waals surface area contributed by atoms with Crippen LogP contribution >= 0.6 is 0 Å². The maximum Gasteiger partial charge on any atom is 0.144 e. The SMILES string of the molecule is CCNC1COCC1C(=O)Cc1ccc(F)cc1F. The number of hydrogen-bond donors (Lipinski definition) is 1. The third kappa shape index (κ3) is 3.36. The number of hydrogen-bond acceptors (Lipinski definition) is 3. The van der Waals surface area contributed by atoms with E-state index in [1.807, 2.05) is 6.92 Å². The van der Waals surface area contributed by atoms with Gasteiger partial charge < -0.3 is 10.1 Å². The smallest absolute Gasteiger partial charge is 0.144 e. The fourth-order valence-electron chi connectivity index (χ4n) is 2.32. The van der Waals surface area contributed by atoms with Gasteiger partial charge in [0.05, 0.1) is 19.1 Å². The molecule has 19 heavy (non-hydrogen) atoms. The molecule has 0 radical (unpaired) electrons. The lowest BCUT2D eigenvalue weighted by Gasteiger charge is -2.17. The third-order valence-electron chi connectivity index (χ3n) is 3.34. The van der Waals surface area contributed by atoms with Crippen LogP contribution in [-0.2, 0) is 16.0 Å². The standard InChI is InChI=1S/C14H17F2NO2/c1-2-17-13-8-19-7-11(13)14(18)5-9-3-4-10(15)6-12(9)16/h3-4,6,11,13,17H,2,5,7-8H2,1H3. The van der Waals surface area contributed by atoms with Crippen LogP contribution in [0.4, 0.5) is 8.78 Å². The number of halogens is 2. The predicted octanol–water partition coefficient (Wildman–Crippen LogP) is 1.70. The van der Waals surface area contributed by atoms with E-state index in [4.69, 9.17) is 4.74 Å². The average molecular weight is 269 g/mol. The summed E-state index contributed by atoms with van der Waals surface area (Å²) < 4.78 is 31.6. The van der Waals surface area contributed by atoms with Crippen LogP contribution in [0.3, 0.4) is 0 Å². The topological polar surface area (TPSA) is 38.3 Å². The summed E-state index contributed by atoms with van der Waals surface area (Å²) in [4.78, 5) is 12.2. The van der Waals surface area contributed by atoms with Crippen LogP contribution in [0.15, 0.2) is 18.2 Å². The van der Waals surface area contributed by atoms with E-state index in [-0.39, 0.29) is 29.7 Å². The highest BCUT2D eigenvalue weighted by Gasteiger charge is 2.33. The number of rotatable bonds is 5. The van der Waals surface area contributed by atoms with Crippen LogP contribution in [-0.4, -0.2) is 31.6 Å². The van der Waals surface area contributed by atoms with E-state index in [0.29, 0.717) is 13.2 Å². The molecule has 1 N–H and O–H groups in total. The number of Topliss-reactive ketones (excluding diaryl/α,β-unsaturated/α-hetero) is 1. The van der Waals surface area contributed by atoms with Crippen LogP contribution in [0.2, 0.25) is 0 Å². The second-order valence-corrected chi connectivity index (χ2v) is 4.69. The summed E-state index contributed by atoms with van der Waals surface area (Å²) in [5, 5.41) is 3.19. The monoisotopic (exact) mass is 269 g/mol. The predicted molar refractivity (Wildman–Crippen MR) is 66.8 cm³/mol. The van der Waals surface area contributed by atoms with Gasteiger partial charge in [-0.2, -0.15) is 0 Å². The summed E-state index contributed by atoms with van der Waals surface area (Å²) in [7, 11) is 0. The molecule has 0 amide bonds. The van der Waals surface area contributed by atoms with Gasteiger partial charge in [0.2, 0.25) is 0 Å². The molecule has 2 atom stereocenters. The van der Waals surface area contributed by atoms with E-state index < -0.39 is 11.6 Å². The molecule has 0 saturated carbocycles. The van der Waals surface area contributed by atoms with E-state index in [1.54, 1.807) is 0 Å². The summed E-state index contributed by atoms with van der Waals surface area (Å²) >= 11 is 0. The van der Waals surface area contributed by atoms with Crippen molar-refractivity contribution in [1.29, 1.82) is 0 Å². The number of ether oxygens (including phenoxy) is 1. The molecule has 1 heterocycles. The van der Waals surface area contributed by atoms with Crippen molar-refractivity contribution in [3.05, 3.63) is 35.4 Å². The van der Waals surface area contributed by atoms with E-state index in [2.05, 4.69) is 5.32 Å². The Balaban J connectivity index is 2.04. The first kappa shape index (κ1) is 14.1. The van der Waals surface area contributed by atoms with E-state index in [9.17, 15) is 13.6 Å². The lowest BCUT2D eigenvalue weighted by Crippen LogP contribution is -2.39. The van der Waals surface area contributed by atoms with Crippen molar-refractivity contribution < 1.29 is 18.3 Å². The van der Waals surface area contributed by atoms with Crippen LogP contribution < -0.4 is 5.32 Å². The Morgan fingerprint density at radius 2 is 2.21 bits per heavy atom. The van der Waals surface area contributed by atoms with Crippen LogP contribution in [0.1, 0.15) is 12.5 Å². The van der Waals surface area contributed by atoms with Gasteiger partial charge in [-0.05, 0) is 18.2 Å². The van der Waals surface area contributed by atoms with Gasteiger partial charge in [0.1, 0.15) is 17.4 Å². The van der Waals surface area contributed by atoms with Gasteiger partial charge in [-0.15, -0.1) is 0 Å². The summed E-state index contributed by atoms with van der Waals surface area (Å²) in [6.45, 7) is 3.57. The van der Waals surface area contributed by atoms with Gasteiger partial charge in [0.15, 0.2) is 0 Å². The first-order valence-electron chi connectivity index (χ1n) is 6.39. The molecule has 0 aromatic heterocycles. The Morgan fingerprint density at radius 3 is 2.89 bits per heavy atom. The van der Waals surface area contributed by atoms with Gasteiger partial charge in [-0.3, -0.25) is 4.79 Å². The first-order chi connectivity index (χ1) is 9.11. The lowest BCUT2D eigenvalue weighted by atomic mass is 9.93. The number of carbonyl (C=O) groups excluding carboxylic acids is 1. The Bertz CT molecular complexity index is 465. The van der Waals surface area contributed by atoms with Crippen LogP contribution in [0, 0.1) is 17.6 Å². The van der Waals surface area contributed by atoms with Gasteiger partial charge >= 0.3 is 0 Å². The van der Waals surface area contributed by atoms with Crippen LogP contribution in [0.25, 0.3) is 0 Å². The van der Waals surface area contributed by atoms with E-state index in [1.165, 1.54) is 12.1 Å². The second kappa shape index (κ2) is 6.21. The van der Waals surface area contributed by atoms with E-state index in [0.717, 1.165) is 12.6 Å². The molecule has 1 fully saturated rings. The Kier molecular flexibility index (Phi) is 4.61. The van der Waals surface area contributed by atoms with Crippen LogP contribution in [0.5, 0.6) is 0 Å². The maximum absolute atomic E-state index is 13.5. The van der Waals surface area contributed by atoms with Crippen molar-refractivity contribution in [3.63, 3.8) is 0 Å². The van der Waals surface area contributed by atoms with Crippen molar-refractivity contribution in [2.75, 3.05) is 19.8 Å². The van der Waals surface area contributed by atoms with Gasteiger partial charge in [0.25, 0.3) is 0 Å². The number of nitrogens with one attached hydrogen (secondary N) is 1. The number of ketones is 1. The zero-order chi connectivity index (χ0) is 13.8. The number of likely N-dealkylation sites (N-methyl/N-ethyl adjacent to an activating group) is 1. The molecule has 0 aliphatic carbocycles. The highest BCUT2D eigenvalue weighted by molar-refractivity contribution is 5.84. The quantitative estimate of drug-likeness (QED) is 0.884. The molecule has 104 valence electrons. The highest BCUT2D eigenvalue weighted by Crippen LogP contribution is 2.19. The molecule has 1 saturated heterocycles.